The Labute approximate surface area is 69.6 Å². The summed E-state index contributed by atoms with van der Waals surface area (Å²) in [5.41, 5.74) is 5.81. The van der Waals surface area contributed by atoms with Crippen LogP contribution in [0.15, 0.2) is 18.3 Å². The standard InChI is InChI=1S/C8H7N3O/c9-5-7-6(4-8(10)12)2-1-3-11-7/h1-3H,4H2,(H2,10,12). The van der Waals surface area contributed by atoms with Gasteiger partial charge < -0.3 is 5.73 Å². The normalized spacial score (nSPS) is 8.92. The molecule has 2 N–H and O–H groups in total. The molecule has 60 valence electrons. The predicted molar refractivity (Wildman–Crippen MR) is 41.9 cm³/mol. The van der Waals surface area contributed by atoms with Crippen molar-refractivity contribution in [1.29, 1.82) is 5.26 Å². The van der Waals surface area contributed by atoms with Crippen LogP contribution in [0.25, 0.3) is 0 Å². The second kappa shape index (κ2) is 3.49. The van der Waals surface area contributed by atoms with Gasteiger partial charge in [0.2, 0.25) is 5.91 Å². The number of rotatable bonds is 2. The Kier molecular flexibility index (Phi) is 2.38. The van der Waals surface area contributed by atoms with E-state index in [-0.39, 0.29) is 12.1 Å². The minimum Gasteiger partial charge on any atom is -0.369 e. The third kappa shape index (κ3) is 1.80. The van der Waals surface area contributed by atoms with Crippen molar-refractivity contribution in [2.24, 2.45) is 5.73 Å². The highest BCUT2D eigenvalue weighted by Gasteiger charge is 2.04. The molecular weight excluding hydrogens is 154 g/mol. The van der Waals surface area contributed by atoms with Gasteiger partial charge in [-0.05, 0) is 11.6 Å². The number of nitrogens with zero attached hydrogens (tertiary/aromatic N) is 2. The van der Waals surface area contributed by atoms with Crippen molar-refractivity contribution in [3.8, 4) is 6.07 Å². The first-order chi connectivity index (χ1) is 5.74. The predicted octanol–water partition coefficient (Wildman–Crippen LogP) is -0.0189. The van der Waals surface area contributed by atoms with Crippen LogP contribution in [0.1, 0.15) is 11.3 Å². The Hall–Kier alpha value is -1.89. The quantitative estimate of drug-likeness (QED) is 0.662. The van der Waals surface area contributed by atoms with Crippen LogP contribution in [0.2, 0.25) is 0 Å². The second-order valence-corrected chi connectivity index (χ2v) is 2.27. The molecule has 0 spiro atoms. The summed E-state index contributed by atoms with van der Waals surface area (Å²) in [7, 11) is 0. The van der Waals surface area contributed by atoms with E-state index in [0.29, 0.717) is 5.56 Å². The number of aromatic nitrogens is 1. The van der Waals surface area contributed by atoms with Crippen molar-refractivity contribution >= 4 is 5.91 Å². The van der Waals surface area contributed by atoms with Crippen molar-refractivity contribution in [3.63, 3.8) is 0 Å². The van der Waals surface area contributed by atoms with Gasteiger partial charge in [0.05, 0.1) is 6.42 Å². The molecule has 0 unspecified atom stereocenters. The zero-order chi connectivity index (χ0) is 8.97. The number of carbonyl (C=O) groups is 1. The van der Waals surface area contributed by atoms with Gasteiger partial charge in [-0.15, -0.1) is 0 Å². The summed E-state index contributed by atoms with van der Waals surface area (Å²) in [6, 6.07) is 5.21. The zero-order valence-corrected chi connectivity index (χ0v) is 6.32. The molecule has 0 aliphatic carbocycles. The lowest BCUT2D eigenvalue weighted by molar-refractivity contribution is -0.117. The van der Waals surface area contributed by atoms with Crippen molar-refractivity contribution in [2.75, 3.05) is 0 Å². The number of carbonyl (C=O) groups excluding carboxylic acids is 1. The summed E-state index contributed by atoms with van der Waals surface area (Å²) in [4.78, 5) is 14.3. The molecule has 4 heteroatoms. The molecule has 1 heterocycles. The molecule has 0 saturated carbocycles. The van der Waals surface area contributed by atoms with Gasteiger partial charge in [0.25, 0.3) is 0 Å². The van der Waals surface area contributed by atoms with Gasteiger partial charge in [0.15, 0.2) is 0 Å². The van der Waals surface area contributed by atoms with Crippen LogP contribution >= 0.6 is 0 Å². The van der Waals surface area contributed by atoms with Crippen molar-refractivity contribution in [1.82, 2.24) is 4.98 Å². The van der Waals surface area contributed by atoms with E-state index in [4.69, 9.17) is 11.0 Å². The van der Waals surface area contributed by atoms with Crippen LogP contribution in [-0.4, -0.2) is 10.9 Å². The second-order valence-electron chi connectivity index (χ2n) is 2.27. The lowest BCUT2D eigenvalue weighted by atomic mass is 10.1. The minimum absolute atomic E-state index is 0.0662. The maximum atomic E-state index is 10.5. The summed E-state index contributed by atoms with van der Waals surface area (Å²) in [5, 5.41) is 8.57. The molecule has 1 aromatic heterocycles. The number of amides is 1. The third-order valence-electron chi connectivity index (χ3n) is 1.36. The van der Waals surface area contributed by atoms with Gasteiger partial charge in [-0.1, -0.05) is 6.07 Å². The highest BCUT2D eigenvalue weighted by Crippen LogP contribution is 2.03. The van der Waals surface area contributed by atoms with Gasteiger partial charge in [0.1, 0.15) is 11.8 Å². The topological polar surface area (TPSA) is 79.8 Å². The van der Waals surface area contributed by atoms with E-state index in [9.17, 15) is 4.79 Å². The van der Waals surface area contributed by atoms with Crippen LogP contribution in [0, 0.1) is 11.3 Å². The van der Waals surface area contributed by atoms with Gasteiger partial charge in [-0.2, -0.15) is 5.26 Å². The molecule has 0 atom stereocenters. The first-order valence-corrected chi connectivity index (χ1v) is 3.36. The maximum absolute atomic E-state index is 10.5. The van der Waals surface area contributed by atoms with E-state index in [1.54, 1.807) is 12.1 Å². The van der Waals surface area contributed by atoms with Gasteiger partial charge >= 0.3 is 0 Å². The molecule has 0 fully saturated rings. The fourth-order valence-corrected chi connectivity index (χ4v) is 0.870. The van der Waals surface area contributed by atoms with Crippen LogP contribution < -0.4 is 5.73 Å². The summed E-state index contributed by atoms with van der Waals surface area (Å²) in [5.74, 6) is -0.459. The van der Waals surface area contributed by atoms with Crippen LogP contribution in [-0.2, 0) is 11.2 Å². The van der Waals surface area contributed by atoms with Gasteiger partial charge in [0, 0.05) is 6.20 Å². The number of nitrogens with two attached hydrogens (primary N) is 1. The van der Waals surface area contributed by atoms with Crippen LogP contribution in [0.5, 0.6) is 0 Å². The molecule has 0 aliphatic heterocycles. The van der Waals surface area contributed by atoms with Crippen LogP contribution in [0.3, 0.4) is 0 Å². The van der Waals surface area contributed by atoms with Crippen molar-refractivity contribution in [3.05, 3.63) is 29.6 Å². The molecule has 12 heavy (non-hydrogen) atoms. The summed E-state index contributed by atoms with van der Waals surface area (Å²) in [6.07, 6.45) is 1.57. The average Bonchev–Trinajstić information content (AvgIpc) is 2.04. The lowest BCUT2D eigenvalue weighted by Gasteiger charge is -1.97. The van der Waals surface area contributed by atoms with Crippen molar-refractivity contribution in [2.45, 2.75) is 6.42 Å². The van der Waals surface area contributed by atoms with E-state index >= 15 is 0 Å². The monoisotopic (exact) mass is 161 g/mol. The SMILES string of the molecule is N#Cc1ncccc1CC(N)=O. The van der Waals surface area contributed by atoms with E-state index in [0.717, 1.165) is 0 Å². The molecule has 1 amide bonds. The molecular formula is C8H7N3O. The summed E-state index contributed by atoms with van der Waals surface area (Å²) in [6.45, 7) is 0. The Bertz CT molecular complexity index is 340. The van der Waals surface area contributed by atoms with E-state index in [1.165, 1.54) is 6.20 Å². The van der Waals surface area contributed by atoms with E-state index < -0.39 is 5.91 Å². The summed E-state index contributed by atoms with van der Waals surface area (Å²) < 4.78 is 0. The molecule has 1 rings (SSSR count). The van der Waals surface area contributed by atoms with Gasteiger partial charge in [-0.25, -0.2) is 4.98 Å². The Morgan fingerprint density at radius 3 is 3.08 bits per heavy atom. The van der Waals surface area contributed by atoms with Crippen molar-refractivity contribution < 1.29 is 4.79 Å². The van der Waals surface area contributed by atoms with E-state index in [1.807, 2.05) is 6.07 Å². The largest absolute Gasteiger partial charge is 0.369 e. The number of primary amides is 1. The number of nitriles is 1. The highest BCUT2D eigenvalue weighted by molar-refractivity contribution is 5.77. The smallest absolute Gasteiger partial charge is 0.221 e. The van der Waals surface area contributed by atoms with E-state index in [2.05, 4.69) is 4.98 Å². The number of pyridine rings is 1. The first-order valence-electron chi connectivity index (χ1n) is 3.36. The molecule has 0 bridgehead atoms. The molecule has 0 radical (unpaired) electrons. The zero-order valence-electron chi connectivity index (χ0n) is 6.32. The number of hydrogen-bond donors (Lipinski definition) is 1. The van der Waals surface area contributed by atoms with Gasteiger partial charge in [-0.3, -0.25) is 4.79 Å². The Morgan fingerprint density at radius 1 is 1.75 bits per heavy atom. The molecule has 1 aromatic rings. The minimum atomic E-state index is -0.459. The average molecular weight is 161 g/mol. The Balaban J connectivity index is 2.99. The summed E-state index contributed by atoms with van der Waals surface area (Å²) >= 11 is 0. The maximum Gasteiger partial charge on any atom is 0.221 e. The molecule has 0 aromatic carbocycles. The molecule has 4 nitrogen and oxygen atoms in total. The first kappa shape index (κ1) is 8.21. The Morgan fingerprint density at radius 2 is 2.50 bits per heavy atom. The third-order valence-corrected chi connectivity index (χ3v) is 1.36. The fraction of sp³-hybridized carbons (Fsp3) is 0.125. The highest BCUT2D eigenvalue weighted by atomic mass is 16.1. The van der Waals surface area contributed by atoms with Crippen LogP contribution in [0.4, 0.5) is 0 Å². The lowest BCUT2D eigenvalue weighted by Crippen LogP contribution is -2.14. The molecule has 0 saturated heterocycles. The molecule has 0 aliphatic rings. The fourth-order valence-electron chi connectivity index (χ4n) is 0.870. The number of hydrogen-bond acceptors (Lipinski definition) is 3.